The van der Waals surface area contributed by atoms with Crippen LogP contribution in [0.4, 0.5) is 0 Å². The SMILES string of the molecule is COc1ccc(CSc2nnc(-c3ccccc3)c(=O)n2C)cc1OC. The molecule has 6 nitrogen and oxygen atoms in total. The number of thioether (sulfide) groups is 1. The molecule has 26 heavy (non-hydrogen) atoms. The highest BCUT2D eigenvalue weighted by Gasteiger charge is 2.12. The minimum atomic E-state index is -0.166. The van der Waals surface area contributed by atoms with Crippen LogP contribution in [0.15, 0.2) is 58.5 Å². The third-order valence-corrected chi connectivity index (χ3v) is 4.98. The molecule has 0 spiro atoms. The highest BCUT2D eigenvalue weighted by atomic mass is 32.2. The Bertz CT molecular complexity index is 958. The van der Waals surface area contributed by atoms with E-state index in [0.717, 1.165) is 11.1 Å². The molecule has 0 N–H and O–H groups in total. The number of hydrogen-bond donors (Lipinski definition) is 0. The molecule has 7 heteroatoms. The first-order chi connectivity index (χ1) is 12.6. The van der Waals surface area contributed by atoms with Gasteiger partial charge in [0.05, 0.1) is 14.2 Å². The molecule has 2 aromatic carbocycles. The van der Waals surface area contributed by atoms with Crippen LogP contribution in [0, 0.1) is 0 Å². The van der Waals surface area contributed by atoms with Crippen molar-refractivity contribution in [1.29, 1.82) is 0 Å². The summed E-state index contributed by atoms with van der Waals surface area (Å²) in [5, 5.41) is 8.92. The van der Waals surface area contributed by atoms with E-state index in [2.05, 4.69) is 10.2 Å². The summed E-state index contributed by atoms with van der Waals surface area (Å²) in [5.41, 5.74) is 1.98. The van der Waals surface area contributed by atoms with Crippen LogP contribution in [0.2, 0.25) is 0 Å². The van der Waals surface area contributed by atoms with Gasteiger partial charge in [0.1, 0.15) is 0 Å². The van der Waals surface area contributed by atoms with Crippen molar-refractivity contribution >= 4 is 11.8 Å². The van der Waals surface area contributed by atoms with Gasteiger partial charge in [0.25, 0.3) is 5.56 Å². The summed E-state index contributed by atoms with van der Waals surface area (Å²) in [7, 11) is 4.92. The maximum atomic E-state index is 12.6. The summed E-state index contributed by atoms with van der Waals surface area (Å²) >= 11 is 1.44. The zero-order valence-electron chi connectivity index (χ0n) is 14.8. The lowest BCUT2D eigenvalue weighted by molar-refractivity contribution is 0.354. The molecule has 0 radical (unpaired) electrons. The van der Waals surface area contributed by atoms with Crippen LogP contribution in [0.1, 0.15) is 5.56 Å². The fourth-order valence-electron chi connectivity index (χ4n) is 2.47. The Morgan fingerprint density at radius 3 is 2.42 bits per heavy atom. The first-order valence-corrected chi connectivity index (χ1v) is 8.95. The second-order valence-corrected chi connectivity index (χ2v) is 6.48. The quantitative estimate of drug-likeness (QED) is 0.622. The minimum Gasteiger partial charge on any atom is -0.493 e. The lowest BCUT2D eigenvalue weighted by Gasteiger charge is -2.10. The number of hydrogen-bond acceptors (Lipinski definition) is 6. The number of aromatic nitrogens is 3. The van der Waals surface area contributed by atoms with Gasteiger partial charge in [-0.25, -0.2) is 0 Å². The number of ether oxygens (including phenoxy) is 2. The van der Waals surface area contributed by atoms with E-state index >= 15 is 0 Å². The van der Waals surface area contributed by atoms with Crippen LogP contribution in [-0.2, 0) is 12.8 Å². The van der Waals surface area contributed by atoms with Crippen LogP contribution in [0.3, 0.4) is 0 Å². The van der Waals surface area contributed by atoms with E-state index in [1.54, 1.807) is 21.3 Å². The van der Waals surface area contributed by atoms with E-state index in [-0.39, 0.29) is 5.56 Å². The molecule has 0 bridgehead atoms. The Morgan fingerprint density at radius 2 is 1.73 bits per heavy atom. The predicted octanol–water partition coefficient (Wildman–Crippen LogP) is 3.15. The number of rotatable bonds is 6. The van der Waals surface area contributed by atoms with E-state index in [4.69, 9.17) is 9.47 Å². The highest BCUT2D eigenvalue weighted by molar-refractivity contribution is 7.98. The fraction of sp³-hybridized carbons (Fsp3) is 0.211. The normalized spacial score (nSPS) is 10.6. The van der Waals surface area contributed by atoms with Crippen LogP contribution >= 0.6 is 11.8 Å². The van der Waals surface area contributed by atoms with Crippen LogP contribution in [0.25, 0.3) is 11.3 Å². The zero-order chi connectivity index (χ0) is 18.5. The molecule has 0 unspecified atom stereocenters. The van der Waals surface area contributed by atoms with Crippen molar-refractivity contribution in [3.63, 3.8) is 0 Å². The smallest absolute Gasteiger partial charge is 0.280 e. The van der Waals surface area contributed by atoms with Crippen molar-refractivity contribution in [3.05, 3.63) is 64.4 Å². The summed E-state index contributed by atoms with van der Waals surface area (Å²) < 4.78 is 12.1. The van der Waals surface area contributed by atoms with Gasteiger partial charge in [-0.1, -0.05) is 48.2 Å². The molecule has 3 rings (SSSR count). The molecule has 0 aliphatic rings. The Kier molecular flexibility index (Phi) is 5.58. The van der Waals surface area contributed by atoms with E-state index in [0.29, 0.717) is 28.1 Å². The summed E-state index contributed by atoms with van der Waals surface area (Å²) in [4.78, 5) is 12.6. The second-order valence-electron chi connectivity index (χ2n) is 5.54. The molecule has 3 aromatic rings. The lowest BCUT2D eigenvalue weighted by atomic mass is 10.2. The van der Waals surface area contributed by atoms with Gasteiger partial charge in [-0.2, -0.15) is 0 Å². The van der Waals surface area contributed by atoms with Gasteiger partial charge >= 0.3 is 0 Å². The van der Waals surface area contributed by atoms with Gasteiger partial charge in [0, 0.05) is 18.4 Å². The van der Waals surface area contributed by atoms with Gasteiger partial charge in [0.2, 0.25) is 0 Å². The molecule has 0 aliphatic heterocycles. The molecule has 0 fully saturated rings. The summed E-state index contributed by atoms with van der Waals surface area (Å²) in [5.74, 6) is 1.98. The van der Waals surface area contributed by atoms with Gasteiger partial charge < -0.3 is 9.47 Å². The molecule has 1 aromatic heterocycles. The first-order valence-electron chi connectivity index (χ1n) is 7.97. The molecule has 0 amide bonds. The summed E-state index contributed by atoms with van der Waals surface area (Å²) in [6, 6.07) is 15.1. The summed E-state index contributed by atoms with van der Waals surface area (Å²) in [6.07, 6.45) is 0. The maximum Gasteiger partial charge on any atom is 0.280 e. The van der Waals surface area contributed by atoms with Crippen LogP contribution < -0.4 is 15.0 Å². The third kappa shape index (κ3) is 3.72. The predicted molar refractivity (Wildman–Crippen MR) is 102 cm³/mol. The Morgan fingerprint density at radius 1 is 1.00 bits per heavy atom. The van der Waals surface area contributed by atoms with Crippen LogP contribution in [-0.4, -0.2) is 29.0 Å². The largest absolute Gasteiger partial charge is 0.493 e. The standard InChI is InChI=1S/C19H19N3O3S/c1-22-18(23)17(14-7-5-4-6-8-14)20-21-19(22)26-12-13-9-10-15(24-2)16(11-13)25-3/h4-11H,12H2,1-3H3. The Hall–Kier alpha value is -2.80. The van der Waals surface area contributed by atoms with E-state index in [9.17, 15) is 4.79 Å². The average Bonchev–Trinajstić information content (AvgIpc) is 2.69. The zero-order valence-corrected chi connectivity index (χ0v) is 15.6. The molecule has 0 atom stereocenters. The van der Waals surface area contributed by atoms with Crippen molar-refractivity contribution in [2.75, 3.05) is 14.2 Å². The number of benzene rings is 2. The van der Waals surface area contributed by atoms with Gasteiger partial charge in [-0.15, -0.1) is 10.2 Å². The van der Waals surface area contributed by atoms with E-state index < -0.39 is 0 Å². The molecule has 0 aliphatic carbocycles. The van der Waals surface area contributed by atoms with Crippen LogP contribution in [0.5, 0.6) is 11.5 Å². The summed E-state index contributed by atoms with van der Waals surface area (Å²) in [6.45, 7) is 0. The average molecular weight is 369 g/mol. The monoisotopic (exact) mass is 369 g/mol. The third-order valence-electron chi connectivity index (χ3n) is 3.89. The van der Waals surface area contributed by atoms with E-state index in [1.165, 1.54) is 16.3 Å². The molecule has 134 valence electrons. The van der Waals surface area contributed by atoms with Crippen molar-refractivity contribution in [3.8, 4) is 22.8 Å². The Balaban J connectivity index is 1.81. The topological polar surface area (TPSA) is 66.2 Å². The second kappa shape index (κ2) is 8.05. The molecule has 0 saturated heterocycles. The number of nitrogens with zero attached hydrogens (tertiary/aromatic N) is 3. The molecular weight excluding hydrogens is 350 g/mol. The Labute approximate surface area is 155 Å². The lowest BCUT2D eigenvalue weighted by Crippen LogP contribution is -2.23. The fourth-order valence-corrected chi connectivity index (χ4v) is 3.32. The van der Waals surface area contributed by atoms with Gasteiger partial charge in [-0.05, 0) is 17.7 Å². The van der Waals surface area contributed by atoms with Gasteiger partial charge in [-0.3, -0.25) is 9.36 Å². The van der Waals surface area contributed by atoms with Gasteiger partial charge in [0.15, 0.2) is 22.3 Å². The molecule has 0 saturated carbocycles. The van der Waals surface area contributed by atoms with Crippen molar-refractivity contribution in [1.82, 2.24) is 14.8 Å². The first kappa shape index (κ1) is 18.0. The molecular formula is C19H19N3O3S. The molecule has 1 heterocycles. The van der Waals surface area contributed by atoms with Crippen molar-refractivity contribution < 1.29 is 9.47 Å². The highest BCUT2D eigenvalue weighted by Crippen LogP contribution is 2.30. The van der Waals surface area contributed by atoms with Crippen molar-refractivity contribution in [2.24, 2.45) is 7.05 Å². The van der Waals surface area contributed by atoms with Crippen molar-refractivity contribution in [2.45, 2.75) is 10.9 Å². The van der Waals surface area contributed by atoms with E-state index in [1.807, 2.05) is 48.5 Å². The number of methoxy groups -OCH3 is 2. The minimum absolute atomic E-state index is 0.166. The maximum absolute atomic E-state index is 12.6.